The number of amides is 2. The summed E-state index contributed by atoms with van der Waals surface area (Å²) in [5, 5.41) is 11.7. The topological polar surface area (TPSA) is 82.1 Å². The lowest BCUT2D eigenvalue weighted by Gasteiger charge is -2.41. The number of halogens is 3. The van der Waals surface area contributed by atoms with Gasteiger partial charge in [0.1, 0.15) is 6.04 Å². The minimum Gasteiger partial charge on any atom is -0.465 e. The van der Waals surface area contributed by atoms with Crippen molar-refractivity contribution in [2.24, 2.45) is 5.41 Å². The quantitative estimate of drug-likeness (QED) is 0.685. The fourth-order valence-corrected chi connectivity index (χ4v) is 4.29. The number of piperazine rings is 1. The molecule has 33 heavy (non-hydrogen) atoms. The summed E-state index contributed by atoms with van der Waals surface area (Å²) in [6, 6.07) is 3.45. The second-order valence-electron chi connectivity index (χ2n) is 9.95. The summed E-state index contributed by atoms with van der Waals surface area (Å²) < 4.78 is 47.3. The molecule has 2 saturated heterocycles. The Hall–Kier alpha value is -2.33. The number of nitrogens with one attached hydrogen (secondary N) is 1. The van der Waals surface area contributed by atoms with Gasteiger partial charge in [-0.1, -0.05) is 51.1 Å². The molecule has 184 valence electrons. The zero-order valence-electron chi connectivity index (χ0n) is 19.3. The molecular formula is C23H32F3N3O4. The van der Waals surface area contributed by atoms with Gasteiger partial charge in [-0.15, -0.1) is 0 Å². The number of ether oxygens (including phenoxy) is 1. The Labute approximate surface area is 191 Å². The van der Waals surface area contributed by atoms with Gasteiger partial charge in [0.25, 0.3) is 0 Å². The first kappa shape index (κ1) is 25.3. The standard InChI is InChI=1S/C23H32F3N3O4/c1-14(22(2,3)4)33-17-10-16-11-29(21(31)32)18(13-28(16)12-17)20(30)27-19(23(24,25)26)15-8-6-5-7-9-15/h5-9,14,16-19H,10-13H2,1-4H3,(H,27,30)(H,31,32)/t14?,16-,17-,18+,19?/m1/s1. The van der Waals surface area contributed by atoms with Crippen LogP contribution in [0.1, 0.15) is 45.7 Å². The summed E-state index contributed by atoms with van der Waals surface area (Å²) in [5.41, 5.74) is -0.178. The highest BCUT2D eigenvalue weighted by Gasteiger charge is 2.48. The molecule has 2 fully saturated rings. The van der Waals surface area contributed by atoms with Gasteiger partial charge >= 0.3 is 12.3 Å². The zero-order valence-corrected chi connectivity index (χ0v) is 19.3. The molecule has 2 aliphatic heterocycles. The molecule has 0 bridgehead atoms. The maximum absolute atomic E-state index is 13.7. The van der Waals surface area contributed by atoms with E-state index in [1.807, 2.05) is 17.1 Å². The molecule has 2 heterocycles. The fraction of sp³-hybridized carbons (Fsp3) is 0.652. The lowest BCUT2D eigenvalue weighted by atomic mass is 9.90. The molecule has 0 radical (unpaired) electrons. The first-order valence-electron chi connectivity index (χ1n) is 11.1. The van der Waals surface area contributed by atoms with Crippen LogP contribution in [0.3, 0.4) is 0 Å². The van der Waals surface area contributed by atoms with Crippen molar-refractivity contribution in [3.63, 3.8) is 0 Å². The maximum Gasteiger partial charge on any atom is 0.412 e. The average Bonchev–Trinajstić information content (AvgIpc) is 3.11. The second kappa shape index (κ2) is 9.50. The van der Waals surface area contributed by atoms with E-state index in [0.717, 1.165) is 4.90 Å². The predicted molar refractivity (Wildman–Crippen MR) is 116 cm³/mol. The van der Waals surface area contributed by atoms with E-state index >= 15 is 0 Å². The van der Waals surface area contributed by atoms with Gasteiger partial charge in [-0.05, 0) is 24.3 Å². The monoisotopic (exact) mass is 471 g/mol. The van der Waals surface area contributed by atoms with Crippen molar-refractivity contribution in [3.05, 3.63) is 35.9 Å². The van der Waals surface area contributed by atoms with Crippen LogP contribution in [0.15, 0.2) is 30.3 Å². The van der Waals surface area contributed by atoms with E-state index in [1.165, 1.54) is 24.3 Å². The third-order valence-corrected chi connectivity index (χ3v) is 6.59. The van der Waals surface area contributed by atoms with Crippen molar-refractivity contribution in [2.45, 2.75) is 70.6 Å². The van der Waals surface area contributed by atoms with E-state index in [1.54, 1.807) is 6.07 Å². The van der Waals surface area contributed by atoms with Crippen molar-refractivity contribution in [3.8, 4) is 0 Å². The number of carboxylic acid groups (broad SMARTS) is 1. The van der Waals surface area contributed by atoms with E-state index in [-0.39, 0.29) is 42.3 Å². The van der Waals surface area contributed by atoms with Gasteiger partial charge < -0.3 is 15.2 Å². The molecule has 2 unspecified atom stereocenters. The number of alkyl halides is 3. The Morgan fingerprint density at radius 2 is 1.76 bits per heavy atom. The first-order chi connectivity index (χ1) is 15.3. The molecule has 10 heteroatoms. The van der Waals surface area contributed by atoms with Crippen LogP contribution in [0.2, 0.25) is 0 Å². The fourth-order valence-electron chi connectivity index (χ4n) is 4.29. The molecular weight excluding hydrogens is 439 g/mol. The molecule has 0 aromatic heterocycles. The third kappa shape index (κ3) is 5.97. The highest BCUT2D eigenvalue weighted by atomic mass is 19.4. The van der Waals surface area contributed by atoms with Crippen LogP contribution in [0.5, 0.6) is 0 Å². The molecule has 3 rings (SSSR count). The van der Waals surface area contributed by atoms with Crippen molar-refractivity contribution >= 4 is 12.0 Å². The summed E-state index contributed by atoms with van der Waals surface area (Å²) in [6.07, 6.45) is -5.61. The summed E-state index contributed by atoms with van der Waals surface area (Å²) in [7, 11) is 0. The summed E-state index contributed by atoms with van der Waals surface area (Å²) in [5.74, 6) is -0.963. The minimum atomic E-state index is -4.72. The largest absolute Gasteiger partial charge is 0.465 e. The van der Waals surface area contributed by atoms with Gasteiger partial charge in [0.2, 0.25) is 5.91 Å². The molecule has 0 aliphatic carbocycles. The Morgan fingerprint density at radius 1 is 1.12 bits per heavy atom. The molecule has 1 aromatic rings. The summed E-state index contributed by atoms with van der Waals surface area (Å²) in [4.78, 5) is 27.7. The summed E-state index contributed by atoms with van der Waals surface area (Å²) in [6.45, 7) is 8.75. The normalized spacial score (nSPS) is 25.9. The first-order valence-corrected chi connectivity index (χ1v) is 11.1. The molecule has 7 nitrogen and oxygen atoms in total. The van der Waals surface area contributed by atoms with Crippen LogP contribution >= 0.6 is 0 Å². The second-order valence-corrected chi connectivity index (χ2v) is 9.95. The van der Waals surface area contributed by atoms with Crippen molar-refractivity contribution in [1.29, 1.82) is 0 Å². The van der Waals surface area contributed by atoms with Gasteiger partial charge in [0, 0.05) is 25.7 Å². The Bertz CT molecular complexity index is 844. The van der Waals surface area contributed by atoms with E-state index in [9.17, 15) is 27.9 Å². The van der Waals surface area contributed by atoms with Crippen LogP contribution in [-0.4, -0.2) is 77.0 Å². The van der Waals surface area contributed by atoms with Gasteiger partial charge in [-0.3, -0.25) is 14.6 Å². The van der Waals surface area contributed by atoms with Crippen molar-refractivity contribution in [1.82, 2.24) is 15.1 Å². The van der Waals surface area contributed by atoms with Crippen LogP contribution in [0.25, 0.3) is 0 Å². The number of nitrogens with zero attached hydrogens (tertiary/aromatic N) is 2. The number of carbonyl (C=O) groups is 2. The molecule has 5 atom stereocenters. The average molecular weight is 472 g/mol. The Morgan fingerprint density at radius 3 is 2.30 bits per heavy atom. The molecule has 0 spiro atoms. The van der Waals surface area contributed by atoms with Crippen molar-refractivity contribution < 1.29 is 32.6 Å². The summed E-state index contributed by atoms with van der Waals surface area (Å²) >= 11 is 0. The Kier molecular flexibility index (Phi) is 7.28. The van der Waals surface area contributed by atoms with Crippen molar-refractivity contribution in [2.75, 3.05) is 19.6 Å². The number of hydrogen-bond donors (Lipinski definition) is 2. The predicted octanol–water partition coefficient (Wildman–Crippen LogP) is 3.66. The van der Waals surface area contributed by atoms with E-state index in [2.05, 4.69) is 20.8 Å². The number of fused-ring (bicyclic) bond motifs is 1. The maximum atomic E-state index is 13.7. The van der Waals surface area contributed by atoms with Crippen LogP contribution in [0.4, 0.5) is 18.0 Å². The van der Waals surface area contributed by atoms with Crippen LogP contribution in [-0.2, 0) is 9.53 Å². The molecule has 2 N–H and O–H groups in total. The van der Waals surface area contributed by atoms with Gasteiger partial charge in [0.15, 0.2) is 6.04 Å². The van der Waals surface area contributed by atoms with E-state index < -0.39 is 30.3 Å². The number of hydrogen-bond acceptors (Lipinski definition) is 4. The molecule has 1 aromatic carbocycles. The van der Waals surface area contributed by atoms with Gasteiger partial charge in [-0.25, -0.2) is 4.79 Å². The number of rotatable bonds is 5. The molecule has 2 aliphatic rings. The zero-order chi connectivity index (χ0) is 24.6. The SMILES string of the molecule is CC(O[C@@H]1C[C@@H]2CN(C(=O)O)[C@H](C(=O)NC(c3ccccc3)C(F)(F)F)CN2C1)C(C)(C)C. The van der Waals surface area contributed by atoms with Crippen LogP contribution in [0, 0.1) is 5.41 Å². The van der Waals surface area contributed by atoms with Crippen LogP contribution < -0.4 is 5.32 Å². The number of benzene rings is 1. The van der Waals surface area contributed by atoms with E-state index in [4.69, 9.17) is 4.74 Å². The van der Waals surface area contributed by atoms with Gasteiger partial charge in [-0.2, -0.15) is 13.2 Å². The third-order valence-electron chi connectivity index (χ3n) is 6.59. The smallest absolute Gasteiger partial charge is 0.412 e. The van der Waals surface area contributed by atoms with E-state index in [0.29, 0.717) is 13.0 Å². The highest BCUT2D eigenvalue weighted by Crippen LogP contribution is 2.34. The van der Waals surface area contributed by atoms with Gasteiger partial charge in [0.05, 0.1) is 12.2 Å². The molecule has 2 amide bonds. The minimum absolute atomic E-state index is 0.0198. The lowest BCUT2D eigenvalue weighted by Crippen LogP contribution is -2.63. The molecule has 0 saturated carbocycles. The Balaban J connectivity index is 1.74. The lowest BCUT2D eigenvalue weighted by molar-refractivity contribution is -0.165. The highest BCUT2D eigenvalue weighted by molar-refractivity contribution is 5.86. The number of carbonyl (C=O) groups excluding carboxylic acids is 1.